The van der Waals surface area contributed by atoms with Gasteiger partial charge in [0.2, 0.25) is 5.91 Å². The van der Waals surface area contributed by atoms with Crippen LogP contribution in [-0.2, 0) is 14.3 Å². The van der Waals surface area contributed by atoms with Crippen molar-refractivity contribution >= 4 is 27.8 Å². The van der Waals surface area contributed by atoms with Crippen molar-refractivity contribution in [3.05, 3.63) is 34.3 Å². The van der Waals surface area contributed by atoms with Crippen molar-refractivity contribution in [2.45, 2.75) is 38.1 Å². The van der Waals surface area contributed by atoms with E-state index in [4.69, 9.17) is 4.74 Å². The van der Waals surface area contributed by atoms with Gasteiger partial charge in [-0.25, -0.2) is 4.79 Å². The van der Waals surface area contributed by atoms with Crippen molar-refractivity contribution < 1.29 is 14.3 Å². The topological polar surface area (TPSA) is 55.4 Å². The van der Waals surface area contributed by atoms with Gasteiger partial charge in [0.05, 0.1) is 7.11 Å². The molecule has 2 rings (SSSR count). The molecule has 1 fully saturated rings. The van der Waals surface area contributed by atoms with Crippen molar-refractivity contribution in [3.8, 4) is 0 Å². The van der Waals surface area contributed by atoms with E-state index in [1.807, 2.05) is 24.3 Å². The minimum absolute atomic E-state index is 0.0151. The molecule has 1 aliphatic carbocycles. The minimum atomic E-state index is -0.738. The van der Waals surface area contributed by atoms with Crippen molar-refractivity contribution in [1.82, 2.24) is 5.32 Å². The van der Waals surface area contributed by atoms with Crippen molar-refractivity contribution in [2.24, 2.45) is 5.92 Å². The zero-order valence-electron chi connectivity index (χ0n) is 12.1. The number of halogens is 1. The van der Waals surface area contributed by atoms with Gasteiger partial charge in [-0.05, 0) is 30.5 Å². The maximum absolute atomic E-state index is 12.3. The van der Waals surface area contributed by atoms with Crippen LogP contribution in [0.4, 0.5) is 0 Å². The summed E-state index contributed by atoms with van der Waals surface area (Å²) in [5.41, 5.74) is 0.731. The number of ether oxygens (including phenoxy) is 1. The number of esters is 1. The molecule has 1 aliphatic rings. The van der Waals surface area contributed by atoms with E-state index in [1.54, 1.807) is 0 Å². The number of carbonyl (C=O) groups is 2. The number of benzene rings is 1. The van der Waals surface area contributed by atoms with E-state index in [0.717, 1.165) is 35.7 Å². The predicted octanol–water partition coefficient (Wildman–Crippen LogP) is 3.36. The van der Waals surface area contributed by atoms with Gasteiger partial charge in [-0.2, -0.15) is 0 Å². The van der Waals surface area contributed by atoms with E-state index >= 15 is 0 Å². The molecule has 0 spiro atoms. The van der Waals surface area contributed by atoms with E-state index in [2.05, 4.69) is 21.2 Å². The quantitative estimate of drug-likeness (QED) is 0.844. The van der Waals surface area contributed by atoms with Gasteiger partial charge in [0, 0.05) is 10.4 Å². The third-order valence-corrected chi connectivity index (χ3v) is 4.43. The van der Waals surface area contributed by atoms with Crippen LogP contribution in [0.2, 0.25) is 0 Å². The van der Waals surface area contributed by atoms with E-state index in [1.165, 1.54) is 13.5 Å². The van der Waals surface area contributed by atoms with Crippen LogP contribution in [0.15, 0.2) is 28.7 Å². The van der Waals surface area contributed by atoms with Crippen LogP contribution in [0.25, 0.3) is 0 Å². The zero-order chi connectivity index (χ0) is 15.2. The Morgan fingerprint density at radius 2 is 1.81 bits per heavy atom. The van der Waals surface area contributed by atoms with Crippen LogP contribution >= 0.6 is 15.9 Å². The Balaban J connectivity index is 2.10. The third kappa shape index (κ3) is 4.30. The minimum Gasteiger partial charge on any atom is -0.467 e. The molecule has 0 aromatic heterocycles. The monoisotopic (exact) mass is 353 g/mol. The Morgan fingerprint density at radius 3 is 2.38 bits per heavy atom. The summed E-state index contributed by atoms with van der Waals surface area (Å²) in [5, 5.41) is 2.84. The van der Waals surface area contributed by atoms with Crippen LogP contribution in [0.3, 0.4) is 0 Å². The first-order valence-corrected chi connectivity index (χ1v) is 8.05. The highest BCUT2D eigenvalue weighted by atomic mass is 79.9. The highest BCUT2D eigenvalue weighted by Gasteiger charge is 2.28. The fraction of sp³-hybridized carbons (Fsp3) is 0.500. The van der Waals surface area contributed by atoms with Crippen LogP contribution in [0.5, 0.6) is 0 Å². The average Bonchev–Trinajstić information content (AvgIpc) is 2.53. The molecule has 0 radical (unpaired) electrons. The number of rotatable bonds is 4. The SMILES string of the molecule is COC(=O)C(NC(=O)C1CCCCC1)c1ccc(Br)cc1. The summed E-state index contributed by atoms with van der Waals surface area (Å²) < 4.78 is 5.74. The summed E-state index contributed by atoms with van der Waals surface area (Å²) >= 11 is 3.36. The first kappa shape index (κ1) is 16.0. The summed E-state index contributed by atoms with van der Waals surface area (Å²) in [4.78, 5) is 24.3. The number of amides is 1. The molecule has 1 atom stereocenters. The smallest absolute Gasteiger partial charge is 0.333 e. The van der Waals surface area contributed by atoms with Crippen LogP contribution < -0.4 is 5.32 Å². The van der Waals surface area contributed by atoms with Crippen LogP contribution in [-0.4, -0.2) is 19.0 Å². The van der Waals surface area contributed by atoms with Gasteiger partial charge in [-0.15, -0.1) is 0 Å². The van der Waals surface area contributed by atoms with Crippen LogP contribution in [0, 0.1) is 5.92 Å². The molecular weight excluding hydrogens is 334 g/mol. The van der Waals surface area contributed by atoms with E-state index < -0.39 is 12.0 Å². The summed E-state index contributed by atoms with van der Waals surface area (Å²) in [6.07, 6.45) is 5.16. The highest BCUT2D eigenvalue weighted by molar-refractivity contribution is 9.10. The standard InChI is InChI=1S/C16H20BrNO3/c1-21-16(20)14(11-7-9-13(17)10-8-11)18-15(19)12-5-3-2-4-6-12/h7-10,12,14H,2-6H2,1H3,(H,18,19). The average molecular weight is 354 g/mol. The molecule has 4 nitrogen and oxygen atoms in total. The van der Waals surface area contributed by atoms with Gasteiger partial charge in [-0.3, -0.25) is 4.79 Å². The molecular formula is C16H20BrNO3. The van der Waals surface area contributed by atoms with Crippen molar-refractivity contribution in [3.63, 3.8) is 0 Å². The summed E-state index contributed by atoms with van der Waals surface area (Å²) in [5.74, 6) is -0.476. The summed E-state index contributed by atoms with van der Waals surface area (Å²) in [6, 6.07) is 6.58. The largest absolute Gasteiger partial charge is 0.467 e. The molecule has 5 heteroatoms. The molecule has 1 aromatic rings. The number of hydrogen-bond acceptors (Lipinski definition) is 3. The second-order valence-corrected chi connectivity index (χ2v) is 6.27. The summed E-state index contributed by atoms with van der Waals surface area (Å²) in [6.45, 7) is 0. The molecule has 0 heterocycles. The maximum atomic E-state index is 12.3. The number of hydrogen-bond donors (Lipinski definition) is 1. The molecule has 1 amide bonds. The third-order valence-electron chi connectivity index (χ3n) is 3.90. The fourth-order valence-electron chi connectivity index (χ4n) is 2.68. The second kappa shape index (κ2) is 7.59. The maximum Gasteiger partial charge on any atom is 0.333 e. The lowest BCUT2D eigenvalue weighted by Crippen LogP contribution is -2.38. The normalized spacial score (nSPS) is 17.0. The second-order valence-electron chi connectivity index (χ2n) is 5.35. The Bertz CT molecular complexity index is 495. The molecule has 1 N–H and O–H groups in total. The lowest BCUT2D eigenvalue weighted by Gasteiger charge is -2.24. The Hall–Kier alpha value is -1.36. The molecule has 0 bridgehead atoms. The Labute approximate surface area is 133 Å². The van der Waals surface area contributed by atoms with Crippen molar-refractivity contribution in [2.75, 3.05) is 7.11 Å². The van der Waals surface area contributed by atoms with Gasteiger partial charge >= 0.3 is 5.97 Å². The van der Waals surface area contributed by atoms with Crippen LogP contribution in [0.1, 0.15) is 43.7 Å². The molecule has 21 heavy (non-hydrogen) atoms. The molecule has 1 unspecified atom stereocenters. The predicted molar refractivity (Wildman–Crippen MR) is 83.6 cm³/mol. The lowest BCUT2D eigenvalue weighted by atomic mass is 9.88. The van der Waals surface area contributed by atoms with E-state index in [-0.39, 0.29) is 11.8 Å². The molecule has 0 aliphatic heterocycles. The van der Waals surface area contributed by atoms with Gasteiger partial charge < -0.3 is 10.1 Å². The molecule has 1 saturated carbocycles. The zero-order valence-corrected chi connectivity index (χ0v) is 13.7. The number of nitrogens with one attached hydrogen (secondary N) is 1. The lowest BCUT2D eigenvalue weighted by molar-refractivity contribution is -0.146. The van der Waals surface area contributed by atoms with E-state index in [9.17, 15) is 9.59 Å². The van der Waals surface area contributed by atoms with Crippen molar-refractivity contribution in [1.29, 1.82) is 0 Å². The molecule has 114 valence electrons. The van der Waals surface area contributed by atoms with Gasteiger partial charge in [-0.1, -0.05) is 47.3 Å². The Morgan fingerprint density at radius 1 is 1.19 bits per heavy atom. The van der Waals surface area contributed by atoms with Gasteiger partial charge in [0.1, 0.15) is 0 Å². The summed E-state index contributed by atoms with van der Waals surface area (Å²) in [7, 11) is 1.33. The van der Waals surface area contributed by atoms with E-state index in [0.29, 0.717) is 0 Å². The van der Waals surface area contributed by atoms with Gasteiger partial charge in [0.25, 0.3) is 0 Å². The first-order valence-electron chi connectivity index (χ1n) is 7.25. The number of carbonyl (C=O) groups excluding carboxylic acids is 2. The fourth-order valence-corrected chi connectivity index (χ4v) is 2.94. The highest BCUT2D eigenvalue weighted by Crippen LogP contribution is 2.25. The Kier molecular flexibility index (Phi) is 5.79. The first-order chi connectivity index (χ1) is 10.1. The molecule has 1 aromatic carbocycles. The molecule has 0 saturated heterocycles. The van der Waals surface area contributed by atoms with Gasteiger partial charge in [0.15, 0.2) is 6.04 Å². The number of methoxy groups -OCH3 is 1.